The van der Waals surface area contributed by atoms with Crippen LogP contribution in [0.1, 0.15) is 17.5 Å². The summed E-state index contributed by atoms with van der Waals surface area (Å²) in [5, 5.41) is 2.74. The molecule has 0 aliphatic heterocycles. The Balaban J connectivity index is 1.93. The van der Waals surface area contributed by atoms with Gasteiger partial charge in [-0.1, -0.05) is 42.5 Å². The molecule has 1 aromatic heterocycles. The molecule has 1 atom stereocenters. The van der Waals surface area contributed by atoms with E-state index >= 15 is 0 Å². The molecule has 0 saturated carbocycles. The van der Waals surface area contributed by atoms with Crippen LogP contribution in [0.2, 0.25) is 0 Å². The Morgan fingerprint density at radius 3 is 2.38 bits per heavy atom. The van der Waals surface area contributed by atoms with E-state index in [0.717, 1.165) is 10.2 Å². The zero-order valence-corrected chi connectivity index (χ0v) is 14.8. The van der Waals surface area contributed by atoms with Gasteiger partial charge >= 0.3 is 6.18 Å². The van der Waals surface area contributed by atoms with Gasteiger partial charge in [-0.3, -0.25) is 4.79 Å². The maximum atomic E-state index is 12.7. The number of benzene rings is 2. The van der Waals surface area contributed by atoms with Crippen LogP contribution in [0.25, 0.3) is 10.2 Å². The second kappa shape index (κ2) is 7.07. The Morgan fingerprint density at radius 1 is 1.08 bits per heavy atom. The monoisotopic (exact) mass is 378 g/mol. The van der Waals surface area contributed by atoms with Gasteiger partial charge in [0.1, 0.15) is 6.54 Å². The second-order valence-electron chi connectivity index (χ2n) is 6.25. The van der Waals surface area contributed by atoms with Gasteiger partial charge in [0.2, 0.25) is 5.91 Å². The number of aromatic nitrogens is 1. The molecular weight excluding hydrogens is 361 g/mol. The molecule has 0 bridgehead atoms. The number of alkyl halides is 3. The SMILES string of the molecule is CC(Cc1nc2ccccc2s1)(C(=O)NCC(F)(F)F)c1ccccc1. The molecule has 0 radical (unpaired) electrons. The third-order valence-corrected chi connectivity index (χ3v) is 5.24. The minimum absolute atomic E-state index is 0.222. The summed E-state index contributed by atoms with van der Waals surface area (Å²) in [6.45, 7) is 0.300. The molecule has 0 aliphatic carbocycles. The highest BCUT2D eigenvalue weighted by molar-refractivity contribution is 7.18. The summed E-state index contributed by atoms with van der Waals surface area (Å²) < 4.78 is 38.6. The summed E-state index contributed by atoms with van der Waals surface area (Å²) in [4.78, 5) is 17.2. The minimum Gasteiger partial charge on any atom is -0.346 e. The van der Waals surface area contributed by atoms with E-state index in [-0.39, 0.29) is 6.42 Å². The predicted molar refractivity (Wildman–Crippen MR) is 96.2 cm³/mol. The first-order chi connectivity index (χ1) is 12.3. The Bertz CT molecular complexity index is 875. The van der Waals surface area contributed by atoms with Crippen LogP contribution >= 0.6 is 11.3 Å². The van der Waals surface area contributed by atoms with Gasteiger partial charge in [-0.05, 0) is 24.6 Å². The lowest BCUT2D eigenvalue weighted by atomic mass is 9.78. The first-order valence-electron chi connectivity index (χ1n) is 8.03. The lowest BCUT2D eigenvalue weighted by molar-refractivity contribution is -0.141. The highest BCUT2D eigenvalue weighted by atomic mass is 32.1. The third-order valence-electron chi connectivity index (χ3n) is 4.20. The van der Waals surface area contributed by atoms with Crippen molar-refractivity contribution in [2.24, 2.45) is 0 Å². The number of nitrogens with zero attached hydrogens (tertiary/aromatic N) is 1. The number of fused-ring (bicyclic) bond motifs is 1. The first kappa shape index (κ1) is 18.4. The van der Waals surface area contributed by atoms with Gasteiger partial charge in [0, 0.05) is 6.42 Å². The Hall–Kier alpha value is -2.41. The molecule has 0 aliphatic rings. The largest absolute Gasteiger partial charge is 0.405 e. The summed E-state index contributed by atoms with van der Waals surface area (Å²) in [5.74, 6) is -0.666. The average molecular weight is 378 g/mol. The van der Waals surface area contributed by atoms with E-state index in [0.29, 0.717) is 10.6 Å². The van der Waals surface area contributed by atoms with Crippen LogP contribution in [-0.4, -0.2) is 23.6 Å². The van der Waals surface area contributed by atoms with Crippen LogP contribution in [0.5, 0.6) is 0 Å². The number of nitrogens with one attached hydrogen (secondary N) is 1. The number of carbonyl (C=O) groups excluding carboxylic acids is 1. The number of halogens is 3. The number of hydrogen-bond acceptors (Lipinski definition) is 3. The summed E-state index contributed by atoms with van der Waals surface area (Å²) in [5.41, 5.74) is 0.318. The van der Waals surface area contributed by atoms with Crippen LogP contribution < -0.4 is 5.32 Å². The van der Waals surface area contributed by atoms with Crippen molar-refractivity contribution >= 4 is 27.5 Å². The van der Waals surface area contributed by atoms with Gasteiger partial charge in [-0.25, -0.2) is 4.98 Å². The highest BCUT2D eigenvalue weighted by Gasteiger charge is 2.38. The molecule has 26 heavy (non-hydrogen) atoms. The molecule has 7 heteroatoms. The molecule has 1 N–H and O–H groups in total. The maximum Gasteiger partial charge on any atom is 0.405 e. The van der Waals surface area contributed by atoms with Crippen molar-refractivity contribution in [3.8, 4) is 0 Å². The van der Waals surface area contributed by atoms with E-state index in [1.807, 2.05) is 29.6 Å². The van der Waals surface area contributed by atoms with Crippen LogP contribution in [0.4, 0.5) is 13.2 Å². The summed E-state index contributed by atoms with van der Waals surface area (Å²) in [6, 6.07) is 16.4. The van der Waals surface area contributed by atoms with Crippen LogP contribution in [0, 0.1) is 0 Å². The van der Waals surface area contributed by atoms with E-state index < -0.39 is 24.0 Å². The van der Waals surface area contributed by atoms with Crippen molar-refractivity contribution in [3.63, 3.8) is 0 Å². The number of para-hydroxylation sites is 1. The van der Waals surface area contributed by atoms with Crippen molar-refractivity contribution in [3.05, 3.63) is 65.2 Å². The average Bonchev–Trinajstić information content (AvgIpc) is 3.01. The van der Waals surface area contributed by atoms with Gasteiger partial charge in [0.15, 0.2) is 0 Å². The summed E-state index contributed by atoms with van der Waals surface area (Å²) in [6.07, 6.45) is -4.23. The summed E-state index contributed by atoms with van der Waals surface area (Å²) in [7, 11) is 0. The maximum absolute atomic E-state index is 12.7. The normalized spacial score (nSPS) is 14.2. The fraction of sp³-hybridized carbons (Fsp3) is 0.263. The topological polar surface area (TPSA) is 42.0 Å². The molecule has 1 unspecified atom stereocenters. The van der Waals surface area contributed by atoms with E-state index in [4.69, 9.17) is 0 Å². The fourth-order valence-corrected chi connectivity index (χ4v) is 3.92. The standard InChI is InChI=1S/C19H17F3N2OS/c1-18(13-7-3-2-4-8-13,17(25)23-12-19(20,21)22)11-16-24-14-9-5-6-10-15(14)26-16/h2-10H,11-12H2,1H3,(H,23,25). The molecule has 1 amide bonds. The van der Waals surface area contributed by atoms with E-state index in [9.17, 15) is 18.0 Å². The van der Waals surface area contributed by atoms with Gasteiger partial charge < -0.3 is 5.32 Å². The smallest absolute Gasteiger partial charge is 0.346 e. The molecule has 0 saturated heterocycles. The Morgan fingerprint density at radius 2 is 1.73 bits per heavy atom. The minimum atomic E-state index is -4.46. The number of amides is 1. The third kappa shape index (κ3) is 4.04. The Kier molecular flexibility index (Phi) is 5.00. The number of thiazole rings is 1. The van der Waals surface area contributed by atoms with E-state index in [2.05, 4.69) is 4.98 Å². The molecule has 0 fully saturated rings. The lowest BCUT2D eigenvalue weighted by Gasteiger charge is -2.28. The zero-order valence-electron chi connectivity index (χ0n) is 14.0. The van der Waals surface area contributed by atoms with Crippen molar-refractivity contribution in [2.45, 2.75) is 24.9 Å². The number of carbonyl (C=O) groups is 1. The summed E-state index contributed by atoms with van der Waals surface area (Å²) >= 11 is 1.45. The van der Waals surface area contributed by atoms with Crippen LogP contribution in [-0.2, 0) is 16.6 Å². The van der Waals surface area contributed by atoms with Gasteiger partial charge in [0.05, 0.1) is 20.6 Å². The quantitative estimate of drug-likeness (QED) is 0.712. The van der Waals surface area contributed by atoms with Crippen molar-refractivity contribution in [1.82, 2.24) is 10.3 Å². The van der Waals surface area contributed by atoms with Crippen molar-refractivity contribution in [1.29, 1.82) is 0 Å². The van der Waals surface area contributed by atoms with Crippen molar-refractivity contribution < 1.29 is 18.0 Å². The van der Waals surface area contributed by atoms with Gasteiger partial charge in [-0.2, -0.15) is 13.2 Å². The van der Waals surface area contributed by atoms with E-state index in [1.165, 1.54) is 11.3 Å². The number of rotatable bonds is 5. The van der Waals surface area contributed by atoms with Crippen LogP contribution in [0.15, 0.2) is 54.6 Å². The van der Waals surface area contributed by atoms with Crippen LogP contribution in [0.3, 0.4) is 0 Å². The Labute approximate surface area is 152 Å². The van der Waals surface area contributed by atoms with Gasteiger partial charge in [-0.15, -0.1) is 11.3 Å². The highest BCUT2D eigenvalue weighted by Crippen LogP contribution is 2.32. The first-order valence-corrected chi connectivity index (χ1v) is 8.85. The zero-order chi connectivity index (χ0) is 18.8. The molecular formula is C19H17F3N2OS. The molecule has 3 nitrogen and oxygen atoms in total. The predicted octanol–water partition coefficient (Wildman–Crippen LogP) is 4.48. The molecule has 3 aromatic rings. The molecule has 1 heterocycles. The van der Waals surface area contributed by atoms with E-state index in [1.54, 1.807) is 37.3 Å². The molecule has 136 valence electrons. The molecule has 0 spiro atoms. The lowest BCUT2D eigenvalue weighted by Crippen LogP contribution is -2.46. The fourth-order valence-electron chi connectivity index (χ4n) is 2.79. The number of hydrogen-bond donors (Lipinski definition) is 1. The second-order valence-corrected chi connectivity index (χ2v) is 7.36. The molecule has 3 rings (SSSR count). The van der Waals surface area contributed by atoms with Gasteiger partial charge in [0.25, 0.3) is 0 Å². The van der Waals surface area contributed by atoms with Crippen molar-refractivity contribution in [2.75, 3.05) is 6.54 Å². The molecule has 2 aromatic carbocycles.